The fraction of sp³-hybridized carbons (Fsp3) is 0.222. The van der Waals surface area contributed by atoms with E-state index < -0.39 is 0 Å². The highest BCUT2D eigenvalue weighted by Crippen LogP contribution is 2.34. The van der Waals surface area contributed by atoms with Crippen molar-refractivity contribution in [2.24, 2.45) is 0 Å². The van der Waals surface area contributed by atoms with Gasteiger partial charge in [-0.05, 0) is 48.7 Å². The van der Waals surface area contributed by atoms with Crippen LogP contribution in [0, 0.1) is 6.92 Å². The summed E-state index contributed by atoms with van der Waals surface area (Å²) >= 11 is 6.00. The Kier molecular flexibility index (Phi) is 3.02. The minimum Gasteiger partial charge on any atom is -0.357 e. The maximum atomic E-state index is 6.00. The molecule has 0 bridgehead atoms. The fourth-order valence-corrected chi connectivity index (χ4v) is 3.41. The maximum Gasteiger partial charge on any atom is 0.0732 e. The predicted octanol–water partition coefficient (Wildman–Crippen LogP) is 4.36. The summed E-state index contributed by atoms with van der Waals surface area (Å²) in [6, 6.07) is 15.0. The molecule has 0 radical (unpaired) electrons. The minimum absolute atomic E-state index is 0.221. The third-order valence-electron chi connectivity index (χ3n) is 4.31. The largest absolute Gasteiger partial charge is 0.357 e. The molecule has 4 rings (SSSR count). The van der Waals surface area contributed by atoms with Gasteiger partial charge in [-0.15, -0.1) is 0 Å². The van der Waals surface area contributed by atoms with Gasteiger partial charge in [-0.1, -0.05) is 35.4 Å². The lowest BCUT2D eigenvalue weighted by Gasteiger charge is -2.24. The predicted molar refractivity (Wildman–Crippen MR) is 88.0 cm³/mol. The molecule has 3 heteroatoms. The number of hydrogen-bond acceptors (Lipinski definition) is 1. The summed E-state index contributed by atoms with van der Waals surface area (Å²) in [4.78, 5) is 3.61. The van der Waals surface area contributed by atoms with Crippen molar-refractivity contribution < 1.29 is 0 Å². The topological polar surface area (TPSA) is 27.8 Å². The molecule has 0 fully saturated rings. The minimum atomic E-state index is 0.221. The molecule has 0 saturated heterocycles. The van der Waals surface area contributed by atoms with Crippen molar-refractivity contribution in [2.75, 3.05) is 6.54 Å². The molecular formula is C18H17ClN2. The molecule has 1 aliphatic rings. The maximum absolute atomic E-state index is 6.00. The zero-order chi connectivity index (χ0) is 14.4. The van der Waals surface area contributed by atoms with E-state index in [-0.39, 0.29) is 6.04 Å². The molecule has 0 unspecified atom stereocenters. The first-order valence-corrected chi connectivity index (χ1v) is 7.70. The number of nitrogens with one attached hydrogen (secondary N) is 2. The number of fused-ring (bicyclic) bond motifs is 3. The van der Waals surface area contributed by atoms with Crippen molar-refractivity contribution >= 4 is 22.5 Å². The summed E-state index contributed by atoms with van der Waals surface area (Å²) < 4.78 is 0. The van der Waals surface area contributed by atoms with Crippen molar-refractivity contribution in [3.05, 3.63) is 69.9 Å². The first kappa shape index (κ1) is 12.9. The molecule has 0 aliphatic carbocycles. The summed E-state index contributed by atoms with van der Waals surface area (Å²) in [7, 11) is 0. The molecule has 2 N–H and O–H groups in total. The van der Waals surface area contributed by atoms with E-state index in [1.807, 2.05) is 12.1 Å². The van der Waals surface area contributed by atoms with Gasteiger partial charge in [0.25, 0.3) is 0 Å². The van der Waals surface area contributed by atoms with E-state index in [1.54, 1.807) is 0 Å². The van der Waals surface area contributed by atoms with Crippen LogP contribution in [0.5, 0.6) is 0 Å². The van der Waals surface area contributed by atoms with Crippen LogP contribution in [0.25, 0.3) is 10.9 Å². The van der Waals surface area contributed by atoms with E-state index in [0.717, 1.165) is 18.0 Å². The normalized spacial score (nSPS) is 17.9. The first-order chi connectivity index (χ1) is 10.2. The second-order valence-electron chi connectivity index (χ2n) is 5.75. The third-order valence-corrected chi connectivity index (χ3v) is 4.56. The average molecular weight is 297 g/mol. The Labute approximate surface area is 129 Å². The van der Waals surface area contributed by atoms with Gasteiger partial charge in [0, 0.05) is 28.2 Å². The van der Waals surface area contributed by atoms with Crippen molar-refractivity contribution in [1.29, 1.82) is 0 Å². The van der Waals surface area contributed by atoms with Gasteiger partial charge in [0.1, 0.15) is 0 Å². The van der Waals surface area contributed by atoms with E-state index in [0.29, 0.717) is 0 Å². The molecule has 1 aliphatic heterocycles. The molecule has 0 spiro atoms. The third kappa shape index (κ3) is 2.15. The summed E-state index contributed by atoms with van der Waals surface area (Å²) in [6.45, 7) is 3.15. The van der Waals surface area contributed by atoms with Crippen molar-refractivity contribution in [3.63, 3.8) is 0 Å². The van der Waals surface area contributed by atoms with Crippen molar-refractivity contribution in [2.45, 2.75) is 19.4 Å². The van der Waals surface area contributed by atoms with Crippen LogP contribution in [0.15, 0.2) is 42.5 Å². The smallest absolute Gasteiger partial charge is 0.0732 e. The Balaban J connectivity index is 1.88. The lowest BCUT2D eigenvalue weighted by Crippen LogP contribution is -2.30. The fourth-order valence-electron chi connectivity index (χ4n) is 3.28. The van der Waals surface area contributed by atoms with Gasteiger partial charge < -0.3 is 10.3 Å². The van der Waals surface area contributed by atoms with E-state index in [4.69, 9.17) is 11.6 Å². The van der Waals surface area contributed by atoms with Crippen LogP contribution in [0.2, 0.25) is 5.02 Å². The highest BCUT2D eigenvalue weighted by Gasteiger charge is 2.24. The monoisotopic (exact) mass is 296 g/mol. The van der Waals surface area contributed by atoms with Gasteiger partial charge in [0.2, 0.25) is 0 Å². The number of H-pyrrole nitrogens is 1. The Morgan fingerprint density at radius 3 is 2.71 bits per heavy atom. The summed E-state index contributed by atoms with van der Waals surface area (Å²) in [6.07, 6.45) is 1.07. The second kappa shape index (κ2) is 4.90. The highest BCUT2D eigenvalue weighted by atomic mass is 35.5. The van der Waals surface area contributed by atoms with Crippen LogP contribution in [0.3, 0.4) is 0 Å². The molecule has 0 saturated carbocycles. The molecule has 21 heavy (non-hydrogen) atoms. The van der Waals surface area contributed by atoms with Gasteiger partial charge in [0.05, 0.1) is 6.04 Å². The SMILES string of the molecule is Cc1ccc2[nH]c3c(c2c1)CCN[C@H]3c1ccc(Cl)cc1. The van der Waals surface area contributed by atoms with E-state index in [1.165, 1.54) is 33.3 Å². The standard InChI is InChI=1S/C18H17ClN2/c1-11-2-7-16-15(10-11)14-8-9-20-17(18(14)21-16)12-3-5-13(19)6-4-12/h2-7,10,17,20-21H,8-9H2,1H3/t17-/m0/s1. The van der Waals surface area contributed by atoms with Crippen LogP contribution in [-0.4, -0.2) is 11.5 Å². The molecule has 2 nitrogen and oxygen atoms in total. The zero-order valence-corrected chi connectivity index (χ0v) is 12.7. The van der Waals surface area contributed by atoms with Gasteiger partial charge in [-0.3, -0.25) is 0 Å². The number of rotatable bonds is 1. The van der Waals surface area contributed by atoms with Gasteiger partial charge in [-0.25, -0.2) is 0 Å². The summed E-state index contributed by atoms with van der Waals surface area (Å²) in [5, 5.41) is 5.76. The van der Waals surface area contributed by atoms with E-state index in [9.17, 15) is 0 Å². The number of benzene rings is 2. The quantitative estimate of drug-likeness (QED) is 0.686. The molecule has 1 atom stereocenters. The molecule has 1 aromatic heterocycles. The van der Waals surface area contributed by atoms with E-state index >= 15 is 0 Å². The van der Waals surface area contributed by atoms with Gasteiger partial charge in [0.15, 0.2) is 0 Å². The van der Waals surface area contributed by atoms with Crippen LogP contribution < -0.4 is 5.32 Å². The number of hydrogen-bond donors (Lipinski definition) is 2. The second-order valence-corrected chi connectivity index (χ2v) is 6.19. The molecule has 2 heterocycles. The Hall–Kier alpha value is -1.77. The van der Waals surface area contributed by atoms with Crippen molar-refractivity contribution in [3.8, 4) is 0 Å². The molecule has 106 valence electrons. The van der Waals surface area contributed by atoms with E-state index in [2.05, 4.69) is 47.6 Å². The van der Waals surface area contributed by atoms with Gasteiger partial charge in [-0.2, -0.15) is 0 Å². The number of aromatic amines is 1. The van der Waals surface area contributed by atoms with Gasteiger partial charge >= 0.3 is 0 Å². The van der Waals surface area contributed by atoms with Crippen LogP contribution in [0.1, 0.15) is 28.4 Å². The highest BCUT2D eigenvalue weighted by molar-refractivity contribution is 6.30. The lowest BCUT2D eigenvalue weighted by atomic mass is 9.94. The van der Waals surface area contributed by atoms with Crippen LogP contribution in [-0.2, 0) is 6.42 Å². The van der Waals surface area contributed by atoms with Crippen molar-refractivity contribution in [1.82, 2.24) is 10.3 Å². The van der Waals surface area contributed by atoms with Crippen LogP contribution in [0.4, 0.5) is 0 Å². The molecule has 3 aromatic rings. The Morgan fingerprint density at radius 1 is 1.10 bits per heavy atom. The summed E-state index contributed by atoms with van der Waals surface area (Å²) in [5.41, 5.74) is 6.54. The number of aromatic nitrogens is 1. The lowest BCUT2D eigenvalue weighted by molar-refractivity contribution is 0.560. The Morgan fingerprint density at radius 2 is 1.90 bits per heavy atom. The first-order valence-electron chi connectivity index (χ1n) is 7.32. The number of halogens is 1. The average Bonchev–Trinajstić information content (AvgIpc) is 2.86. The summed E-state index contributed by atoms with van der Waals surface area (Å²) in [5.74, 6) is 0. The molecule has 2 aromatic carbocycles. The zero-order valence-electron chi connectivity index (χ0n) is 11.9. The molecular weight excluding hydrogens is 280 g/mol. The Bertz CT molecular complexity index is 802. The van der Waals surface area contributed by atoms with Crippen LogP contribution >= 0.6 is 11.6 Å². The molecule has 0 amide bonds. The number of aryl methyl sites for hydroxylation is 1.